The highest BCUT2D eigenvalue weighted by Gasteiger charge is 2.36. The topological polar surface area (TPSA) is 266 Å². The van der Waals surface area contributed by atoms with Crippen molar-refractivity contribution in [3.8, 4) is 23.0 Å². The summed E-state index contributed by atoms with van der Waals surface area (Å²) in [5, 5.41) is 65.5. The number of phenols is 2. The van der Waals surface area contributed by atoms with E-state index in [0.717, 1.165) is 30.4 Å². The van der Waals surface area contributed by atoms with Crippen molar-refractivity contribution < 1.29 is 49.0 Å². The van der Waals surface area contributed by atoms with Crippen LogP contribution in [0.15, 0.2) is 72.8 Å². The Balaban J connectivity index is 1.38. The second-order valence-electron chi connectivity index (χ2n) is 11.2. The van der Waals surface area contributed by atoms with Crippen LogP contribution in [0, 0.1) is 40.5 Å². The van der Waals surface area contributed by atoms with Gasteiger partial charge in [-0.25, -0.2) is 9.59 Å². The van der Waals surface area contributed by atoms with Crippen molar-refractivity contribution in [2.75, 3.05) is 0 Å². The summed E-state index contributed by atoms with van der Waals surface area (Å²) in [6.07, 6.45) is 4.13. The third-order valence-corrected chi connectivity index (χ3v) is 8.35. The molecule has 5 rings (SSSR count). The number of ether oxygens (including phenoxy) is 2. The molecule has 1 aliphatic carbocycles. The van der Waals surface area contributed by atoms with Crippen LogP contribution < -0.4 is 9.47 Å². The number of carbonyl (C=O) groups excluding carboxylic acids is 2. The molecule has 0 radical (unpaired) electrons. The van der Waals surface area contributed by atoms with E-state index in [9.17, 15) is 60.3 Å². The number of nitro groups is 4. The Morgan fingerprint density at radius 1 is 0.560 bits per heavy atom. The largest absolute Gasteiger partial charge is 0.501 e. The standard InChI is InChI=1S/C32H24N4O14/c37-28-24(14-20(33(41)42)16-26(28)35(45)46)30(39)49-22-8-4-18(5-9-22)32(12-2-1-3-13-32)19-6-10-23(11-7-19)50-31(40)25-15-21(34(43)44)17-27(29(25)38)36(47)48/h4-11,14-17,37-38H,1-3,12-13H2. The van der Waals surface area contributed by atoms with Crippen molar-refractivity contribution in [1.29, 1.82) is 0 Å². The predicted octanol–water partition coefficient (Wildman–Crippen LogP) is 6.42. The van der Waals surface area contributed by atoms with Gasteiger partial charge in [0, 0.05) is 17.5 Å². The third kappa shape index (κ3) is 6.70. The summed E-state index contributed by atoms with van der Waals surface area (Å²) in [6, 6.07) is 15.1. The maximum absolute atomic E-state index is 12.8. The average molecular weight is 689 g/mol. The fraction of sp³-hybridized carbons (Fsp3) is 0.188. The molecule has 0 unspecified atom stereocenters. The Hall–Kier alpha value is -6.98. The number of hydrogen-bond donors (Lipinski definition) is 2. The molecule has 1 aliphatic rings. The lowest BCUT2D eigenvalue weighted by Gasteiger charge is -2.38. The highest BCUT2D eigenvalue weighted by Crippen LogP contribution is 2.46. The zero-order valence-corrected chi connectivity index (χ0v) is 25.5. The van der Waals surface area contributed by atoms with Crippen LogP contribution in [0.2, 0.25) is 0 Å². The van der Waals surface area contributed by atoms with Crippen molar-refractivity contribution in [2.45, 2.75) is 37.5 Å². The van der Waals surface area contributed by atoms with Gasteiger partial charge >= 0.3 is 23.3 Å². The summed E-state index contributed by atoms with van der Waals surface area (Å²) in [5.41, 5.74) is -4.07. The molecular weight excluding hydrogens is 664 g/mol. The van der Waals surface area contributed by atoms with Crippen LogP contribution in [-0.4, -0.2) is 41.8 Å². The van der Waals surface area contributed by atoms with Gasteiger partial charge in [0.1, 0.15) is 22.6 Å². The van der Waals surface area contributed by atoms with E-state index in [2.05, 4.69) is 0 Å². The Labute approximate surface area is 279 Å². The molecule has 0 heterocycles. The van der Waals surface area contributed by atoms with Gasteiger partial charge in [-0.05, 0) is 48.2 Å². The van der Waals surface area contributed by atoms with Crippen molar-refractivity contribution in [3.05, 3.63) is 136 Å². The molecule has 0 spiro atoms. The SMILES string of the molecule is O=C(Oc1ccc(C2(c3ccc(OC(=O)c4cc([N+](=O)[O-])cc([N+](=O)[O-])c4O)cc3)CCCCC2)cc1)c1cc([N+](=O)[O-])cc([N+](=O)[O-])c1O. The zero-order valence-electron chi connectivity index (χ0n) is 25.5. The van der Waals surface area contributed by atoms with Crippen molar-refractivity contribution in [2.24, 2.45) is 0 Å². The molecule has 1 fully saturated rings. The first-order valence-corrected chi connectivity index (χ1v) is 14.7. The lowest BCUT2D eigenvalue weighted by Crippen LogP contribution is -2.30. The number of nitro benzene ring substituents is 4. The lowest BCUT2D eigenvalue weighted by atomic mass is 9.65. The summed E-state index contributed by atoms with van der Waals surface area (Å²) < 4.78 is 10.6. The van der Waals surface area contributed by atoms with Gasteiger partial charge in [0.2, 0.25) is 11.5 Å². The molecule has 4 aromatic rings. The van der Waals surface area contributed by atoms with E-state index in [1.165, 1.54) is 24.3 Å². The van der Waals surface area contributed by atoms with E-state index in [1.807, 2.05) is 0 Å². The summed E-state index contributed by atoms with van der Waals surface area (Å²) in [5.74, 6) is -4.70. The Bertz CT molecular complexity index is 1920. The lowest BCUT2D eigenvalue weighted by molar-refractivity contribution is -0.395. The first-order valence-electron chi connectivity index (χ1n) is 14.7. The minimum atomic E-state index is -1.26. The van der Waals surface area contributed by atoms with Gasteiger partial charge in [-0.3, -0.25) is 40.5 Å². The van der Waals surface area contributed by atoms with Crippen LogP contribution >= 0.6 is 0 Å². The van der Waals surface area contributed by atoms with Crippen molar-refractivity contribution >= 4 is 34.7 Å². The highest BCUT2D eigenvalue weighted by atomic mass is 16.6. The normalized spacial score (nSPS) is 13.5. The second-order valence-corrected chi connectivity index (χ2v) is 11.2. The molecule has 0 aromatic heterocycles. The van der Waals surface area contributed by atoms with Crippen LogP contribution in [0.25, 0.3) is 0 Å². The zero-order chi connectivity index (χ0) is 36.3. The minimum absolute atomic E-state index is 0.00910. The Morgan fingerprint density at radius 2 is 0.920 bits per heavy atom. The second kappa shape index (κ2) is 13.6. The number of phenolic OH excluding ortho intramolecular Hbond substituents is 2. The number of carbonyl (C=O) groups is 2. The predicted molar refractivity (Wildman–Crippen MR) is 169 cm³/mol. The first-order chi connectivity index (χ1) is 23.7. The fourth-order valence-corrected chi connectivity index (χ4v) is 5.92. The van der Waals surface area contributed by atoms with E-state index < -0.39 is 82.4 Å². The number of non-ortho nitro benzene ring substituents is 2. The molecule has 1 saturated carbocycles. The molecule has 18 nitrogen and oxygen atoms in total. The monoisotopic (exact) mass is 688 g/mol. The molecule has 0 atom stereocenters. The maximum Gasteiger partial charge on any atom is 0.347 e. The van der Waals surface area contributed by atoms with Gasteiger partial charge in [-0.2, -0.15) is 0 Å². The number of esters is 2. The van der Waals surface area contributed by atoms with Crippen molar-refractivity contribution in [3.63, 3.8) is 0 Å². The molecule has 256 valence electrons. The van der Waals surface area contributed by atoms with Crippen LogP contribution in [0.1, 0.15) is 63.9 Å². The van der Waals surface area contributed by atoms with Crippen LogP contribution in [0.5, 0.6) is 23.0 Å². The van der Waals surface area contributed by atoms with E-state index in [4.69, 9.17) is 9.47 Å². The smallest absolute Gasteiger partial charge is 0.347 e. The van der Waals surface area contributed by atoms with E-state index >= 15 is 0 Å². The highest BCUT2D eigenvalue weighted by molar-refractivity contribution is 5.97. The fourth-order valence-electron chi connectivity index (χ4n) is 5.92. The number of benzene rings is 4. The van der Waals surface area contributed by atoms with E-state index in [-0.39, 0.29) is 11.5 Å². The molecule has 2 N–H and O–H groups in total. The maximum atomic E-state index is 12.8. The molecule has 0 aliphatic heterocycles. The summed E-state index contributed by atoms with van der Waals surface area (Å²) >= 11 is 0. The number of hydrogen-bond acceptors (Lipinski definition) is 14. The van der Waals surface area contributed by atoms with E-state index in [0.29, 0.717) is 37.1 Å². The van der Waals surface area contributed by atoms with Gasteiger partial charge in [-0.1, -0.05) is 43.5 Å². The third-order valence-electron chi connectivity index (χ3n) is 8.35. The number of nitrogens with zero attached hydrogens (tertiary/aromatic N) is 4. The summed E-state index contributed by atoms with van der Waals surface area (Å²) in [7, 11) is 0. The van der Waals surface area contributed by atoms with Crippen molar-refractivity contribution in [1.82, 2.24) is 0 Å². The Kier molecular flexibility index (Phi) is 9.37. The van der Waals surface area contributed by atoms with E-state index in [1.54, 1.807) is 24.3 Å². The van der Waals surface area contributed by atoms with Gasteiger partial charge in [0.15, 0.2) is 0 Å². The molecular formula is C32H24N4O14. The number of rotatable bonds is 10. The quantitative estimate of drug-likeness (QED) is 0.0788. The summed E-state index contributed by atoms with van der Waals surface area (Å²) in [6.45, 7) is 0. The molecule has 18 heteroatoms. The molecule has 50 heavy (non-hydrogen) atoms. The van der Waals surface area contributed by atoms with Crippen LogP contribution in [-0.2, 0) is 5.41 Å². The first kappa shape index (κ1) is 34.4. The van der Waals surface area contributed by atoms with Gasteiger partial charge < -0.3 is 19.7 Å². The Morgan fingerprint density at radius 3 is 1.24 bits per heavy atom. The van der Waals surface area contributed by atoms with Gasteiger partial charge in [-0.15, -0.1) is 0 Å². The molecule has 4 aromatic carbocycles. The van der Waals surface area contributed by atoms with Gasteiger partial charge in [0.25, 0.3) is 11.4 Å². The number of aromatic hydroxyl groups is 2. The minimum Gasteiger partial charge on any atom is -0.501 e. The summed E-state index contributed by atoms with van der Waals surface area (Å²) in [4.78, 5) is 66.6. The van der Waals surface area contributed by atoms with Gasteiger partial charge in [0.05, 0.1) is 31.8 Å². The molecule has 0 bridgehead atoms. The average Bonchev–Trinajstić information content (AvgIpc) is 3.08. The molecule has 0 saturated heterocycles. The van der Waals surface area contributed by atoms with Crippen LogP contribution in [0.4, 0.5) is 22.7 Å². The molecule has 0 amide bonds. The van der Waals surface area contributed by atoms with Crippen LogP contribution in [0.3, 0.4) is 0 Å².